The second-order valence-corrected chi connectivity index (χ2v) is 1.54. The van der Waals surface area contributed by atoms with Crippen molar-refractivity contribution in [2.24, 2.45) is 10.7 Å². The molecule has 0 unspecified atom stereocenters. The Kier molecular flexibility index (Phi) is 0.855. The highest BCUT2D eigenvalue weighted by molar-refractivity contribution is 6.00. The van der Waals surface area contributed by atoms with Crippen LogP contribution >= 0.6 is 0 Å². The number of amidine groups is 1. The summed E-state index contributed by atoms with van der Waals surface area (Å²) < 4.78 is 0. The zero-order valence-electron chi connectivity index (χ0n) is 4.31. The van der Waals surface area contributed by atoms with E-state index in [2.05, 4.69) is 11.1 Å². The van der Waals surface area contributed by atoms with Crippen molar-refractivity contribution in [1.29, 1.82) is 0 Å². The summed E-state index contributed by atoms with van der Waals surface area (Å²) in [5, 5.41) is 0. The Morgan fingerprint density at radius 1 is 2.00 bits per heavy atom. The molecule has 0 fully saturated rings. The van der Waals surface area contributed by atoms with E-state index in [1.54, 1.807) is 7.05 Å². The van der Waals surface area contributed by atoms with Gasteiger partial charge in [0.05, 0.1) is 0 Å². The van der Waals surface area contributed by atoms with Gasteiger partial charge in [-0.1, -0.05) is 6.08 Å². The zero-order chi connectivity index (χ0) is 5.28. The lowest BCUT2D eigenvalue weighted by atomic mass is 10.5. The van der Waals surface area contributed by atoms with Gasteiger partial charge in [-0.3, -0.25) is 4.99 Å². The lowest BCUT2D eigenvalue weighted by Crippen LogP contribution is -2.08. The van der Waals surface area contributed by atoms with Crippen LogP contribution < -0.4 is 5.73 Å². The van der Waals surface area contributed by atoms with Crippen molar-refractivity contribution in [3.63, 3.8) is 0 Å². The second kappa shape index (κ2) is 1.37. The largest absolute Gasteiger partial charge is 0.384 e. The van der Waals surface area contributed by atoms with E-state index >= 15 is 0 Å². The number of hydrogen-bond donors (Lipinski definition) is 1. The average molecular weight is 96.1 g/mol. The Labute approximate surface area is 42.7 Å². The third kappa shape index (κ3) is 0.796. The minimum absolute atomic E-state index is 0.694. The summed E-state index contributed by atoms with van der Waals surface area (Å²) in [5.41, 5.74) is 6.56. The molecule has 0 spiro atoms. The van der Waals surface area contributed by atoms with Gasteiger partial charge in [-0.25, -0.2) is 0 Å². The molecule has 2 nitrogen and oxygen atoms in total. The highest BCUT2D eigenvalue weighted by atomic mass is 14.8. The summed E-state index contributed by atoms with van der Waals surface area (Å²) in [7, 11) is 1.70. The molecule has 0 aromatic carbocycles. The first kappa shape index (κ1) is 4.37. The van der Waals surface area contributed by atoms with Gasteiger partial charge in [0.1, 0.15) is 5.84 Å². The molecule has 0 saturated carbocycles. The van der Waals surface area contributed by atoms with Crippen LogP contribution in [0.1, 0.15) is 6.42 Å². The normalized spacial score (nSPS) is 19.0. The van der Waals surface area contributed by atoms with E-state index in [4.69, 9.17) is 5.73 Å². The molecule has 0 amide bonds. The number of nitrogens with two attached hydrogens (primary N) is 1. The van der Waals surface area contributed by atoms with Crippen molar-refractivity contribution in [2.45, 2.75) is 6.42 Å². The van der Waals surface area contributed by atoms with Gasteiger partial charge in [-0.2, -0.15) is 0 Å². The molecule has 2 heteroatoms. The number of hydrogen-bond acceptors (Lipinski definition) is 1. The Bertz CT molecular complexity index is 133. The van der Waals surface area contributed by atoms with Gasteiger partial charge in [-0.05, 0) is 12.0 Å². The second-order valence-electron chi connectivity index (χ2n) is 1.54. The molecule has 0 radical (unpaired) electrons. The first-order valence-corrected chi connectivity index (χ1v) is 2.26. The summed E-state index contributed by atoms with van der Waals surface area (Å²) in [6, 6.07) is 0. The molecule has 38 valence electrons. The van der Waals surface area contributed by atoms with Gasteiger partial charge >= 0.3 is 0 Å². The van der Waals surface area contributed by atoms with Gasteiger partial charge in [0.2, 0.25) is 0 Å². The lowest BCUT2D eigenvalue weighted by molar-refractivity contribution is 1.39. The Hall–Kier alpha value is -0.790. The Balaban J connectivity index is 2.54. The van der Waals surface area contributed by atoms with Crippen molar-refractivity contribution in [2.75, 3.05) is 7.05 Å². The highest BCUT2D eigenvalue weighted by Crippen LogP contribution is 2.16. The van der Waals surface area contributed by atoms with Gasteiger partial charge in [0.15, 0.2) is 0 Å². The maximum Gasteiger partial charge on any atom is 0.121 e. The monoisotopic (exact) mass is 96.1 g/mol. The summed E-state index contributed by atoms with van der Waals surface area (Å²) in [5.74, 6) is 0.694. The van der Waals surface area contributed by atoms with Gasteiger partial charge in [0.25, 0.3) is 0 Å². The topological polar surface area (TPSA) is 38.4 Å². The third-order valence-corrected chi connectivity index (χ3v) is 0.978. The quantitative estimate of drug-likeness (QED) is 0.370. The summed E-state index contributed by atoms with van der Waals surface area (Å²) in [6.07, 6.45) is 3.10. The van der Waals surface area contributed by atoms with E-state index in [0.717, 1.165) is 6.42 Å². The first-order valence-electron chi connectivity index (χ1n) is 2.26. The Morgan fingerprint density at radius 2 is 2.57 bits per heavy atom. The molecule has 0 aliphatic heterocycles. The smallest absolute Gasteiger partial charge is 0.121 e. The first-order chi connectivity index (χ1) is 3.34. The van der Waals surface area contributed by atoms with E-state index in [0.29, 0.717) is 5.84 Å². The Morgan fingerprint density at radius 3 is 2.71 bits per heavy atom. The number of aliphatic imine (C=N–C) groups is 1. The van der Waals surface area contributed by atoms with Gasteiger partial charge < -0.3 is 5.73 Å². The van der Waals surface area contributed by atoms with Crippen molar-refractivity contribution in [3.05, 3.63) is 11.6 Å². The number of rotatable bonds is 1. The van der Waals surface area contributed by atoms with Crippen molar-refractivity contribution in [1.82, 2.24) is 0 Å². The fraction of sp³-hybridized carbons (Fsp3) is 0.400. The van der Waals surface area contributed by atoms with E-state index < -0.39 is 0 Å². The fourth-order valence-corrected chi connectivity index (χ4v) is 0.404. The molecule has 0 aromatic rings. The molecule has 2 N–H and O–H groups in total. The van der Waals surface area contributed by atoms with Crippen LogP contribution in [0, 0.1) is 0 Å². The molecule has 1 aliphatic carbocycles. The van der Waals surface area contributed by atoms with Crippen LogP contribution in [0.5, 0.6) is 0 Å². The molecule has 0 saturated heterocycles. The average Bonchev–Trinajstić information content (AvgIpc) is 2.44. The van der Waals surface area contributed by atoms with Crippen LogP contribution in [0.25, 0.3) is 0 Å². The summed E-state index contributed by atoms with van der Waals surface area (Å²) >= 11 is 0. The van der Waals surface area contributed by atoms with Crippen LogP contribution in [0.4, 0.5) is 0 Å². The molecule has 7 heavy (non-hydrogen) atoms. The predicted molar refractivity (Wildman–Crippen MR) is 30.2 cm³/mol. The SMILES string of the molecule is CN=C(N)C1=CC1. The maximum atomic E-state index is 5.36. The number of allylic oxidation sites excluding steroid dienone is 1. The van der Waals surface area contributed by atoms with Gasteiger partial charge in [0, 0.05) is 7.05 Å². The molecule has 0 heterocycles. The zero-order valence-corrected chi connectivity index (χ0v) is 4.31. The minimum Gasteiger partial charge on any atom is -0.384 e. The van der Waals surface area contributed by atoms with Crippen molar-refractivity contribution in [3.8, 4) is 0 Å². The van der Waals surface area contributed by atoms with E-state index in [1.165, 1.54) is 5.57 Å². The van der Waals surface area contributed by atoms with E-state index in [1.807, 2.05) is 0 Å². The highest BCUT2D eigenvalue weighted by Gasteiger charge is 2.09. The standard InChI is InChI=1S/C5H8N2/c1-7-5(6)4-2-3-4/h2H,3H2,1H3,(H2,6,7). The van der Waals surface area contributed by atoms with Crippen LogP contribution in [0.2, 0.25) is 0 Å². The molecular formula is C5H8N2. The molecule has 0 aromatic heterocycles. The molecule has 1 rings (SSSR count). The van der Waals surface area contributed by atoms with E-state index in [9.17, 15) is 0 Å². The predicted octanol–water partition coefficient (Wildman–Crippen LogP) is 0.304. The number of nitrogens with zero attached hydrogens (tertiary/aromatic N) is 1. The molecule has 0 atom stereocenters. The van der Waals surface area contributed by atoms with Crippen LogP contribution in [0.3, 0.4) is 0 Å². The molecular weight excluding hydrogens is 88.1 g/mol. The van der Waals surface area contributed by atoms with E-state index in [-0.39, 0.29) is 0 Å². The molecule has 1 aliphatic rings. The summed E-state index contributed by atoms with van der Waals surface area (Å²) in [6.45, 7) is 0. The van der Waals surface area contributed by atoms with Gasteiger partial charge in [-0.15, -0.1) is 0 Å². The molecule has 0 bridgehead atoms. The van der Waals surface area contributed by atoms with Crippen LogP contribution in [-0.4, -0.2) is 12.9 Å². The van der Waals surface area contributed by atoms with Crippen LogP contribution in [0.15, 0.2) is 16.6 Å². The summed E-state index contributed by atoms with van der Waals surface area (Å²) in [4.78, 5) is 3.78. The third-order valence-electron chi connectivity index (χ3n) is 0.978. The maximum absolute atomic E-state index is 5.36. The van der Waals surface area contributed by atoms with Crippen LogP contribution in [-0.2, 0) is 0 Å². The van der Waals surface area contributed by atoms with Crippen molar-refractivity contribution < 1.29 is 0 Å². The van der Waals surface area contributed by atoms with Crippen molar-refractivity contribution >= 4 is 5.84 Å². The fourth-order valence-electron chi connectivity index (χ4n) is 0.404. The minimum atomic E-state index is 0.694. The lowest BCUT2D eigenvalue weighted by Gasteiger charge is -1.84.